The zero-order valence-electron chi connectivity index (χ0n) is 17.5. The minimum atomic E-state index is -0.277. The van der Waals surface area contributed by atoms with Crippen molar-refractivity contribution < 1.29 is 14.3 Å². The van der Waals surface area contributed by atoms with Crippen molar-refractivity contribution in [2.75, 3.05) is 6.61 Å². The van der Waals surface area contributed by atoms with Crippen molar-refractivity contribution in [1.82, 2.24) is 0 Å². The van der Waals surface area contributed by atoms with Gasteiger partial charge in [0.05, 0.1) is 6.61 Å². The first-order chi connectivity index (χ1) is 12.7. The Bertz CT molecular complexity index is 787. The highest BCUT2D eigenvalue weighted by atomic mass is 16.5. The maximum Gasteiger partial charge on any atom is 0.330 e. The smallest absolute Gasteiger partial charge is 0.330 e. The molecule has 1 aromatic rings. The van der Waals surface area contributed by atoms with Crippen LogP contribution < -0.4 is 4.74 Å². The number of ether oxygens (including phenoxy) is 2. The lowest BCUT2D eigenvalue weighted by molar-refractivity contribution is -0.137. The Morgan fingerprint density at radius 2 is 2.04 bits per heavy atom. The number of esters is 1. The summed E-state index contributed by atoms with van der Waals surface area (Å²) in [5.74, 6) is 1.29. The molecule has 3 heteroatoms. The Morgan fingerprint density at radius 1 is 1.30 bits per heavy atom. The maximum atomic E-state index is 11.6. The van der Waals surface area contributed by atoms with Gasteiger partial charge < -0.3 is 9.47 Å². The molecule has 0 bridgehead atoms. The second kappa shape index (κ2) is 7.18. The molecule has 27 heavy (non-hydrogen) atoms. The number of carbonyl (C=O) groups is 1. The SMILES string of the molecule is CCOC(=O)C=C(C)C=C[C@@H]1C[C@]1(C)C1Oc2c(CC)cccc2C1(C)C. The van der Waals surface area contributed by atoms with E-state index in [2.05, 4.69) is 52.0 Å². The van der Waals surface area contributed by atoms with Crippen LogP contribution in [0, 0.1) is 11.3 Å². The fourth-order valence-electron chi connectivity index (χ4n) is 4.57. The number of allylic oxidation sites excluding steroid dienone is 3. The molecule has 1 heterocycles. The van der Waals surface area contributed by atoms with Gasteiger partial charge in [-0.15, -0.1) is 0 Å². The monoisotopic (exact) mass is 368 g/mol. The zero-order chi connectivity index (χ0) is 19.8. The number of rotatable bonds is 6. The molecule has 1 aromatic carbocycles. The highest BCUT2D eigenvalue weighted by Gasteiger charge is 2.62. The highest BCUT2D eigenvalue weighted by Crippen LogP contribution is 2.63. The Balaban J connectivity index is 1.75. The van der Waals surface area contributed by atoms with Crippen LogP contribution in [0.1, 0.15) is 59.1 Å². The van der Waals surface area contributed by atoms with Gasteiger partial charge in [0.2, 0.25) is 0 Å². The normalized spacial score (nSPS) is 28.7. The van der Waals surface area contributed by atoms with Crippen molar-refractivity contribution in [1.29, 1.82) is 0 Å². The summed E-state index contributed by atoms with van der Waals surface area (Å²) in [6.45, 7) is 13.3. The van der Waals surface area contributed by atoms with Crippen LogP contribution in [0.15, 0.2) is 42.0 Å². The number of para-hydroxylation sites is 1. The number of benzene rings is 1. The van der Waals surface area contributed by atoms with E-state index in [1.807, 2.05) is 19.9 Å². The summed E-state index contributed by atoms with van der Waals surface area (Å²) in [4.78, 5) is 11.6. The van der Waals surface area contributed by atoms with Gasteiger partial charge in [-0.3, -0.25) is 0 Å². The summed E-state index contributed by atoms with van der Waals surface area (Å²) in [5.41, 5.74) is 3.67. The first-order valence-corrected chi connectivity index (χ1v) is 10.1. The number of hydrogen-bond donors (Lipinski definition) is 0. The molecule has 1 fully saturated rings. The Hall–Kier alpha value is -2.03. The summed E-state index contributed by atoms with van der Waals surface area (Å²) in [6, 6.07) is 6.55. The summed E-state index contributed by atoms with van der Waals surface area (Å²) < 4.78 is 11.6. The first kappa shape index (κ1) is 19.7. The largest absolute Gasteiger partial charge is 0.488 e. The van der Waals surface area contributed by atoms with Crippen LogP contribution >= 0.6 is 0 Å². The molecule has 3 rings (SSSR count). The van der Waals surface area contributed by atoms with E-state index >= 15 is 0 Å². The Labute approximate surface area is 163 Å². The van der Waals surface area contributed by atoms with Crippen molar-refractivity contribution in [3.63, 3.8) is 0 Å². The van der Waals surface area contributed by atoms with Gasteiger partial charge in [0.25, 0.3) is 0 Å². The van der Waals surface area contributed by atoms with Crippen LogP contribution in [-0.4, -0.2) is 18.7 Å². The minimum Gasteiger partial charge on any atom is -0.488 e. The zero-order valence-corrected chi connectivity index (χ0v) is 17.5. The quantitative estimate of drug-likeness (QED) is 0.384. The molecule has 1 aliphatic carbocycles. The third-order valence-electron chi connectivity index (χ3n) is 6.23. The lowest BCUT2D eigenvalue weighted by atomic mass is 9.74. The molecule has 3 nitrogen and oxygen atoms in total. The fraction of sp³-hybridized carbons (Fsp3) is 0.542. The second-order valence-corrected chi connectivity index (χ2v) is 8.68. The van der Waals surface area contributed by atoms with E-state index < -0.39 is 0 Å². The minimum absolute atomic E-state index is 0.00628. The first-order valence-electron chi connectivity index (χ1n) is 10.1. The van der Waals surface area contributed by atoms with Gasteiger partial charge in [0, 0.05) is 22.5 Å². The molecule has 146 valence electrons. The van der Waals surface area contributed by atoms with Crippen molar-refractivity contribution in [2.24, 2.45) is 11.3 Å². The maximum absolute atomic E-state index is 11.6. The lowest BCUT2D eigenvalue weighted by Gasteiger charge is -2.31. The molecular formula is C24H32O3. The van der Waals surface area contributed by atoms with E-state index in [-0.39, 0.29) is 22.9 Å². The molecule has 2 aliphatic rings. The van der Waals surface area contributed by atoms with Crippen LogP contribution in [0.3, 0.4) is 0 Å². The standard InChI is InChI=1S/C24H32O3/c1-7-17-10-9-11-19-21(17)27-22(23(19,4)5)24(6)15-18(24)13-12-16(3)14-20(25)26-8-2/h9-14,18,22H,7-8,15H2,1-6H3/t18-,22?,24+/m1/s1. The van der Waals surface area contributed by atoms with Crippen LogP contribution in [-0.2, 0) is 21.4 Å². The van der Waals surface area contributed by atoms with Gasteiger partial charge >= 0.3 is 5.97 Å². The van der Waals surface area contributed by atoms with Crippen LogP contribution in [0.2, 0.25) is 0 Å². The summed E-state index contributed by atoms with van der Waals surface area (Å²) >= 11 is 0. The molecule has 1 unspecified atom stereocenters. The van der Waals surface area contributed by atoms with E-state index in [1.165, 1.54) is 11.1 Å². The molecule has 0 saturated heterocycles. The van der Waals surface area contributed by atoms with Gasteiger partial charge in [0.15, 0.2) is 0 Å². The fourth-order valence-corrected chi connectivity index (χ4v) is 4.57. The molecule has 0 spiro atoms. The molecule has 1 aliphatic heterocycles. The van der Waals surface area contributed by atoms with E-state index in [4.69, 9.17) is 9.47 Å². The second-order valence-electron chi connectivity index (χ2n) is 8.68. The number of hydrogen-bond acceptors (Lipinski definition) is 3. The number of fused-ring (bicyclic) bond motifs is 1. The molecule has 0 radical (unpaired) electrons. The predicted molar refractivity (Wildman–Crippen MR) is 109 cm³/mol. The third kappa shape index (κ3) is 3.56. The summed E-state index contributed by atoms with van der Waals surface area (Å²) in [5, 5.41) is 0. The lowest BCUT2D eigenvalue weighted by Crippen LogP contribution is -2.39. The van der Waals surface area contributed by atoms with Crippen molar-refractivity contribution in [2.45, 2.75) is 65.9 Å². The van der Waals surface area contributed by atoms with Crippen molar-refractivity contribution >= 4 is 5.97 Å². The number of aryl methyl sites for hydroxylation is 1. The number of carbonyl (C=O) groups excluding carboxylic acids is 1. The average molecular weight is 369 g/mol. The summed E-state index contributed by atoms with van der Waals surface area (Å²) in [7, 11) is 0. The van der Waals surface area contributed by atoms with Crippen LogP contribution in [0.4, 0.5) is 0 Å². The molecule has 0 N–H and O–H groups in total. The van der Waals surface area contributed by atoms with Gasteiger partial charge in [-0.1, -0.05) is 58.0 Å². The van der Waals surface area contributed by atoms with Gasteiger partial charge in [-0.05, 0) is 43.7 Å². The molecule has 3 atom stereocenters. The van der Waals surface area contributed by atoms with E-state index in [9.17, 15) is 4.79 Å². The van der Waals surface area contributed by atoms with Crippen LogP contribution in [0.25, 0.3) is 0 Å². The predicted octanol–water partition coefficient (Wildman–Crippen LogP) is 5.38. The topological polar surface area (TPSA) is 35.5 Å². The average Bonchev–Trinajstić information content (AvgIpc) is 3.19. The molecule has 0 amide bonds. The Kier molecular flexibility index (Phi) is 5.24. The molecule has 1 saturated carbocycles. The molecule has 0 aromatic heterocycles. The third-order valence-corrected chi connectivity index (χ3v) is 6.23. The molecular weight excluding hydrogens is 336 g/mol. The van der Waals surface area contributed by atoms with E-state index in [0.717, 1.165) is 24.2 Å². The van der Waals surface area contributed by atoms with E-state index in [1.54, 1.807) is 6.08 Å². The van der Waals surface area contributed by atoms with Gasteiger partial charge in [0.1, 0.15) is 11.9 Å². The van der Waals surface area contributed by atoms with Crippen molar-refractivity contribution in [3.8, 4) is 5.75 Å². The van der Waals surface area contributed by atoms with Crippen molar-refractivity contribution in [3.05, 3.63) is 53.1 Å². The van der Waals surface area contributed by atoms with Crippen LogP contribution in [0.5, 0.6) is 5.75 Å². The van der Waals surface area contributed by atoms with Gasteiger partial charge in [-0.25, -0.2) is 4.79 Å². The van der Waals surface area contributed by atoms with E-state index in [0.29, 0.717) is 12.5 Å². The Morgan fingerprint density at radius 3 is 2.70 bits per heavy atom. The van der Waals surface area contributed by atoms with Gasteiger partial charge in [-0.2, -0.15) is 0 Å². The summed E-state index contributed by atoms with van der Waals surface area (Å²) in [6.07, 6.45) is 8.09. The highest BCUT2D eigenvalue weighted by molar-refractivity contribution is 5.83.